The van der Waals surface area contributed by atoms with Crippen LogP contribution < -0.4 is 5.73 Å². The third kappa shape index (κ3) is 1.84. The Labute approximate surface area is 106 Å². The smallest absolute Gasteiger partial charge is 0.111 e. The van der Waals surface area contributed by atoms with E-state index in [0.29, 0.717) is 0 Å². The molecule has 3 rings (SSSR count). The molecule has 0 aliphatic rings. The van der Waals surface area contributed by atoms with Gasteiger partial charge in [0.1, 0.15) is 5.82 Å². The molecule has 3 nitrogen and oxygen atoms in total. The summed E-state index contributed by atoms with van der Waals surface area (Å²) >= 11 is 0. The number of hydrogen-bond acceptors (Lipinski definition) is 2. The van der Waals surface area contributed by atoms with Gasteiger partial charge in [-0.3, -0.25) is 0 Å². The van der Waals surface area contributed by atoms with Crippen LogP contribution in [0.15, 0.2) is 42.5 Å². The van der Waals surface area contributed by atoms with Crippen LogP contribution in [0.1, 0.15) is 17.0 Å². The molecule has 0 aliphatic heterocycles. The third-order valence-corrected chi connectivity index (χ3v) is 3.18. The molecule has 0 saturated carbocycles. The second-order valence-corrected chi connectivity index (χ2v) is 4.53. The Hall–Kier alpha value is -2.29. The average Bonchev–Trinajstić information content (AvgIpc) is 2.76. The van der Waals surface area contributed by atoms with Crippen LogP contribution in [0.4, 0.5) is 5.69 Å². The van der Waals surface area contributed by atoms with Gasteiger partial charge in [-0.1, -0.05) is 30.3 Å². The first kappa shape index (κ1) is 10.8. The Bertz CT molecular complexity index is 698. The number of aromatic amines is 1. The SMILES string of the molecule is Cc1cccc2[nH]c(Cc3ccccc3N)nc12. The molecule has 0 atom stereocenters. The Morgan fingerprint density at radius 2 is 1.94 bits per heavy atom. The van der Waals surface area contributed by atoms with E-state index in [-0.39, 0.29) is 0 Å². The number of H-pyrrole nitrogens is 1. The van der Waals surface area contributed by atoms with E-state index in [1.165, 1.54) is 5.56 Å². The number of aromatic nitrogens is 2. The van der Waals surface area contributed by atoms with Crippen molar-refractivity contribution in [3.63, 3.8) is 0 Å². The van der Waals surface area contributed by atoms with E-state index in [2.05, 4.69) is 23.0 Å². The van der Waals surface area contributed by atoms with Crippen LogP contribution >= 0.6 is 0 Å². The minimum atomic E-state index is 0.737. The van der Waals surface area contributed by atoms with Gasteiger partial charge in [0.25, 0.3) is 0 Å². The molecule has 18 heavy (non-hydrogen) atoms. The molecule has 90 valence electrons. The Morgan fingerprint density at radius 3 is 2.72 bits per heavy atom. The number of fused-ring (bicyclic) bond motifs is 1. The number of nitrogens with zero attached hydrogens (tertiary/aromatic N) is 1. The van der Waals surface area contributed by atoms with Crippen LogP contribution in [-0.4, -0.2) is 9.97 Å². The molecule has 0 radical (unpaired) electrons. The summed E-state index contributed by atoms with van der Waals surface area (Å²) in [5, 5.41) is 0. The maximum Gasteiger partial charge on any atom is 0.111 e. The largest absolute Gasteiger partial charge is 0.398 e. The number of nitrogens with one attached hydrogen (secondary N) is 1. The lowest BCUT2D eigenvalue weighted by molar-refractivity contribution is 1.04. The summed E-state index contributed by atoms with van der Waals surface area (Å²) in [6, 6.07) is 14.1. The minimum Gasteiger partial charge on any atom is -0.398 e. The number of benzene rings is 2. The average molecular weight is 237 g/mol. The summed E-state index contributed by atoms with van der Waals surface area (Å²) in [6.07, 6.45) is 0.737. The Balaban J connectivity index is 2.01. The molecule has 0 unspecified atom stereocenters. The standard InChI is InChI=1S/C15H15N3/c1-10-5-4-8-13-15(10)18-14(17-13)9-11-6-2-3-7-12(11)16/h2-8H,9,16H2,1H3,(H,17,18). The van der Waals surface area contributed by atoms with Gasteiger partial charge in [-0.15, -0.1) is 0 Å². The normalized spacial score (nSPS) is 10.9. The van der Waals surface area contributed by atoms with Crippen LogP contribution in [0.2, 0.25) is 0 Å². The first-order chi connectivity index (χ1) is 8.74. The number of rotatable bonds is 2. The number of hydrogen-bond donors (Lipinski definition) is 2. The fourth-order valence-corrected chi connectivity index (χ4v) is 2.19. The highest BCUT2D eigenvalue weighted by molar-refractivity contribution is 5.78. The van der Waals surface area contributed by atoms with Gasteiger partial charge in [0.15, 0.2) is 0 Å². The number of aryl methyl sites for hydroxylation is 1. The second-order valence-electron chi connectivity index (χ2n) is 4.53. The number of anilines is 1. The molecule has 0 spiro atoms. The van der Waals surface area contributed by atoms with Gasteiger partial charge in [-0.05, 0) is 30.2 Å². The molecule has 0 amide bonds. The molecule has 3 aromatic rings. The van der Waals surface area contributed by atoms with Crippen molar-refractivity contribution < 1.29 is 0 Å². The minimum absolute atomic E-state index is 0.737. The van der Waals surface area contributed by atoms with Gasteiger partial charge in [0.2, 0.25) is 0 Å². The van der Waals surface area contributed by atoms with Crippen molar-refractivity contribution >= 4 is 16.7 Å². The first-order valence-electron chi connectivity index (χ1n) is 6.01. The lowest BCUT2D eigenvalue weighted by Crippen LogP contribution is -1.96. The number of imidazole rings is 1. The van der Waals surface area contributed by atoms with Crippen LogP contribution in [0.5, 0.6) is 0 Å². The van der Waals surface area contributed by atoms with E-state index in [0.717, 1.165) is 34.5 Å². The summed E-state index contributed by atoms with van der Waals surface area (Å²) in [5.41, 5.74) is 11.2. The third-order valence-electron chi connectivity index (χ3n) is 3.18. The van der Waals surface area contributed by atoms with Crippen LogP contribution in [0.25, 0.3) is 11.0 Å². The quantitative estimate of drug-likeness (QED) is 0.673. The van der Waals surface area contributed by atoms with Crippen LogP contribution in [0, 0.1) is 6.92 Å². The van der Waals surface area contributed by atoms with Crippen molar-refractivity contribution in [1.29, 1.82) is 0 Å². The summed E-state index contributed by atoms with van der Waals surface area (Å²) in [4.78, 5) is 7.98. The summed E-state index contributed by atoms with van der Waals surface area (Å²) in [7, 11) is 0. The fraction of sp³-hybridized carbons (Fsp3) is 0.133. The molecule has 2 aromatic carbocycles. The predicted molar refractivity (Wildman–Crippen MR) is 74.5 cm³/mol. The Morgan fingerprint density at radius 1 is 1.11 bits per heavy atom. The van der Waals surface area contributed by atoms with Crippen molar-refractivity contribution in [2.24, 2.45) is 0 Å². The van der Waals surface area contributed by atoms with Crippen molar-refractivity contribution in [2.45, 2.75) is 13.3 Å². The maximum absolute atomic E-state index is 5.95. The molecule has 1 heterocycles. The number of nitrogens with two attached hydrogens (primary N) is 1. The van der Waals surface area contributed by atoms with E-state index >= 15 is 0 Å². The van der Waals surface area contributed by atoms with Gasteiger partial charge >= 0.3 is 0 Å². The van der Waals surface area contributed by atoms with E-state index < -0.39 is 0 Å². The molecule has 1 aromatic heterocycles. The van der Waals surface area contributed by atoms with Gasteiger partial charge in [0, 0.05) is 12.1 Å². The number of para-hydroxylation sites is 2. The van der Waals surface area contributed by atoms with E-state index in [9.17, 15) is 0 Å². The molecule has 0 aliphatic carbocycles. The highest BCUT2D eigenvalue weighted by atomic mass is 14.9. The lowest BCUT2D eigenvalue weighted by atomic mass is 10.1. The highest BCUT2D eigenvalue weighted by Crippen LogP contribution is 2.19. The van der Waals surface area contributed by atoms with Crippen LogP contribution in [0.3, 0.4) is 0 Å². The van der Waals surface area contributed by atoms with Gasteiger partial charge in [-0.2, -0.15) is 0 Å². The summed E-state index contributed by atoms with van der Waals surface area (Å²) < 4.78 is 0. The van der Waals surface area contributed by atoms with Crippen molar-refractivity contribution in [2.75, 3.05) is 5.73 Å². The predicted octanol–water partition coefficient (Wildman–Crippen LogP) is 3.04. The molecular weight excluding hydrogens is 222 g/mol. The fourth-order valence-electron chi connectivity index (χ4n) is 2.19. The monoisotopic (exact) mass is 237 g/mol. The first-order valence-corrected chi connectivity index (χ1v) is 6.01. The summed E-state index contributed by atoms with van der Waals surface area (Å²) in [6.45, 7) is 2.07. The van der Waals surface area contributed by atoms with Crippen molar-refractivity contribution in [1.82, 2.24) is 9.97 Å². The highest BCUT2D eigenvalue weighted by Gasteiger charge is 2.06. The zero-order valence-electron chi connectivity index (χ0n) is 10.3. The van der Waals surface area contributed by atoms with Gasteiger partial charge in [0.05, 0.1) is 11.0 Å². The van der Waals surface area contributed by atoms with E-state index in [1.807, 2.05) is 36.4 Å². The lowest BCUT2D eigenvalue weighted by Gasteiger charge is -2.02. The second kappa shape index (κ2) is 4.18. The van der Waals surface area contributed by atoms with Gasteiger partial charge < -0.3 is 10.7 Å². The zero-order chi connectivity index (χ0) is 12.5. The van der Waals surface area contributed by atoms with Crippen molar-refractivity contribution in [3.05, 3.63) is 59.4 Å². The molecular formula is C15H15N3. The summed E-state index contributed by atoms with van der Waals surface area (Å²) in [5.74, 6) is 0.956. The molecule has 0 saturated heterocycles. The number of nitrogen functional groups attached to an aromatic ring is 1. The van der Waals surface area contributed by atoms with Crippen LogP contribution in [-0.2, 0) is 6.42 Å². The van der Waals surface area contributed by atoms with Crippen molar-refractivity contribution in [3.8, 4) is 0 Å². The molecule has 0 bridgehead atoms. The molecule has 0 fully saturated rings. The maximum atomic E-state index is 5.95. The van der Waals surface area contributed by atoms with E-state index in [1.54, 1.807) is 0 Å². The topological polar surface area (TPSA) is 54.7 Å². The Kier molecular flexibility index (Phi) is 2.52. The molecule has 3 N–H and O–H groups in total. The van der Waals surface area contributed by atoms with E-state index in [4.69, 9.17) is 5.73 Å². The zero-order valence-corrected chi connectivity index (χ0v) is 10.3. The molecule has 3 heteroatoms. The van der Waals surface area contributed by atoms with Gasteiger partial charge in [-0.25, -0.2) is 4.98 Å².